The van der Waals surface area contributed by atoms with Gasteiger partial charge in [-0.1, -0.05) is 0 Å². The molecule has 10 nitrogen and oxygen atoms in total. The van der Waals surface area contributed by atoms with Crippen LogP contribution < -0.4 is 15.0 Å². The van der Waals surface area contributed by atoms with E-state index in [1.165, 1.54) is 11.3 Å². The van der Waals surface area contributed by atoms with Gasteiger partial charge >= 0.3 is 12.1 Å². The summed E-state index contributed by atoms with van der Waals surface area (Å²) >= 11 is 0. The van der Waals surface area contributed by atoms with Crippen LogP contribution in [0.3, 0.4) is 0 Å². The summed E-state index contributed by atoms with van der Waals surface area (Å²) < 4.78 is 6.02. The van der Waals surface area contributed by atoms with Crippen LogP contribution in [0.4, 0.5) is 10.6 Å². The minimum atomic E-state index is -0.978. The van der Waals surface area contributed by atoms with Crippen LogP contribution >= 0.6 is 0 Å². The van der Waals surface area contributed by atoms with Crippen molar-refractivity contribution in [1.82, 2.24) is 25.1 Å². The molecule has 1 amide bonds. The predicted molar refractivity (Wildman–Crippen MR) is 110 cm³/mol. The van der Waals surface area contributed by atoms with Crippen molar-refractivity contribution in [2.24, 2.45) is 0 Å². The van der Waals surface area contributed by atoms with Crippen LogP contribution in [0, 0.1) is 11.3 Å². The number of nitriles is 1. The number of hydrogen-bond acceptors (Lipinski definition) is 8. The van der Waals surface area contributed by atoms with Crippen LogP contribution in [0.5, 0.6) is 6.01 Å². The first-order valence-corrected chi connectivity index (χ1v) is 10.6. The molecule has 2 fully saturated rings. The Balaban J connectivity index is 1.56. The van der Waals surface area contributed by atoms with E-state index in [1.54, 1.807) is 0 Å². The summed E-state index contributed by atoms with van der Waals surface area (Å²) in [7, 11) is 2.11. The molecule has 0 spiro atoms. The molecule has 10 heteroatoms. The molecule has 4 heterocycles. The number of carbonyl (C=O) groups is 1. The minimum Gasteiger partial charge on any atom is -0.465 e. The van der Waals surface area contributed by atoms with Crippen molar-refractivity contribution in [2.45, 2.75) is 44.3 Å². The van der Waals surface area contributed by atoms with Gasteiger partial charge in [-0.25, -0.2) is 4.79 Å². The highest BCUT2D eigenvalue weighted by Gasteiger charge is 2.33. The summed E-state index contributed by atoms with van der Waals surface area (Å²) in [5.41, 5.74) is 2.04. The molecule has 30 heavy (non-hydrogen) atoms. The lowest BCUT2D eigenvalue weighted by Crippen LogP contribution is -2.55. The standard InChI is InChI=1S/C20H29N7O3/c1-25-8-2-3-15(25)13-30-19-23-17-11-22-7-5-16(17)18(24-19)26-9-10-27(20(28)29)14(12-26)4-6-21/h14-15,22H,2-5,7-13H2,1H3,(H,28,29)/t14?,15-/m0/s1. The van der Waals surface area contributed by atoms with Crippen LogP contribution in [-0.2, 0) is 13.0 Å². The smallest absolute Gasteiger partial charge is 0.407 e. The van der Waals surface area contributed by atoms with Crippen molar-refractivity contribution in [3.8, 4) is 12.1 Å². The number of aromatic nitrogens is 2. The van der Waals surface area contributed by atoms with Gasteiger partial charge in [0.1, 0.15) is 12.4 Å². The maximum Gasteiger partial charge on any atom is 0.407 e. The van der Waals surface area contributed by atoms with Crippen LogP contribution in [-0.4, -0.2) is 89.4 Å². The van der Waals surface area contributed by atoms with E-state index in [2.05, 4.69) is 33.2 Å². The minimum absolute atomic E-state index is 0.162. The number of hydrogen-bond donors (Lipinski definition) is 2. The zero-order valence-corrected chi connectivity index (χ0v) is 17.4. The summed E-state index contributed by atoms with van der Waals surface area (Å²) in [5.74, 6) is 0.823. The molecule has 2 atom stereocenters. The molecule has 0 aromatic carbocycles. The summed E-state index contributed by atoms with van der Waals surface area (Å²) in [6.07, 6.45) is 2.29. The van der Waals surface area contributed by atoms with Gasteiger partial charge in [-0.15, -0.1) is 0 Å². The normalized spacial score (nSPS) is 24.4. The molecular formula is C20H29N7O3. The number of amides is 1. The van der Waals surface area contributed by atoms with Crippen LogP contribution in [0.1, 0.15) is 30.5 Å². The van der Waals surface area contributed by atoms with E-state index in [9.17, 15) is 9.90 Å². The highest BCUT2D eigenvalue weighted by Crippen LogP contribution is 2.29. The van der Waals surface area contributed by atoms with Crippen molar-refractivity contribution in [3.63, 3.8) is 0 Å². The largest absolute Gasteiger partial charge is 0.465 e. The van der Waals surface area contributed by atoms with Crippen molar-refractivity contribution in [1.29, 1.82) is 5.26 Å². The second-order valence-corrected chi connectivity index (χ2v) is 8.21. The van der Waals surface area contributed by atoms with Gasteiger partial charge in [0.05, 0.1) is 24.2 Å². The molecule has 0 bridgehead atoms. The Kier molecular flexibility index (Phi) is 6.20. The van der Waals surface area contributed by atoms with E-state index in [0.717, 1.165) is 43.0 Å². The SMILES string of the molecule is CN1CCC[C@H]1COc1nc2c(c(N3CCN(C(=O)O)C(CC#N)C3)n1)CCNC2. The Bertz CT molecular complexity index is 827. The first-order valence-electron chi connectivity index (χ1n) is 10.6. The fraction of sp³-hybridized carbons (Fsp3) is 0.700. The molecule has 3 aliphatic heterocycles. The molecule has 0 aliphatic carbocycles. The monoisotopic (exact) mass is 415 g/mol. The molecule has 162 valence electrons. The van der Waals surface area contributed by atoms with Gasteiger partial charge in [0, 0.05) is 37.8 Å². The Morgan fingerprint density at radius 1 is 1.33 bits per heavy atom. The molecule has 3 aliphatic rings. The average molecular weight is 415 g/mol. The van der Waals surface area contributed by atoms with Gasteiger partial charge in [-0.2, -0.15) is 15.2 Å². The van der Waals surface area contributed by atoms with Crippen molar-refractivity contribution in [2.75, 3.05) is 51.3 Å². The lowest BCUT2D eigenvalue weighted by Gasteiger charge is -2.40. The maximum atomic E-state index is 11.5. The molecule has 0 radical (unpaired) electrons. The summed E-state index contributed by atoms with van der Waals surface area (Å²) in [6, 6.07) is 2.51. The predicted octanol–water partition coefficient (Wildman–Crippen LogP) is 0.678. The third-order valence-electron chi connectivity index (χ3n) is 6.33. The third-order valence-corrected chi connectivity index (χ3v) is 6.33. The second-order valence-electron chi connectivity index (χ2n) is 8.21. The number of likely N-dealkylation sites (N-methyl/N-ethyl adjacent to an activating group) is 1. The number of ether oxygens (including phenoxy) is 1. The van der Waals surface area contributed by atoms with Crippen LogP contribution in [0.2, 0.25) is 0 Å². The molecule has 1 aromatic rings. The van der Waals surface area contributed by atoms with E-state index < -0.39 is 6.09 Å². The van der Waals surface area contributed by atoms with E-state index in [0.29, 0.717) is 44.8 Å². The number of nitrogens with one attached hydrogen (secondary N) is 1. The first-order chi connectivity index (χ1) is 14.6. The summed E-state index contributed by atoms with van der Waals surface area (Å²) in [4.78, 5) is 26.7. The van der Waals surface area contributed by atoms with E-state index in [-0.39, 0.29) is 12.5 Å². The van der Waals surface area contributed by atoms with Gasteiger partial charge in [-0.3, -0.25) is 0 Å². The maximum absolute atomic E-state index is 11.5. The van der Waals surface area contributed by atoms with E-state index >= 15 is 0 Å². The van der Waals surface area contributed by atoms with Gasteiger partial charge in [0.2, 0.25) is 0 Å². The lowest BCUT2D eigenvalue weighted by atomic mass is 10.0. The van der Waals surface area contributed by atoms with Gasteiger partial charge in [-0.05, 0) is 39.4 Å². The molecule has 2 N–H and O–H groups in total. The first kappa shape index (κ1) is 20.6. The second kappa shape index (κ2) is 9.02. The quantitative estimate of drug-likeness (QED) is 0.715. The number of fused-ring (bicyclic) bond motifs is 1. The Morgan fingerprint density at radius 2 is 2.20 bits per heavy atom. The average Bonchev–Trinajstić information content (AvgIpc) is 3.16. The number of piperazine rings is 1. The fourth-order valence-corrected chi connectivity index (χ4v) is 4.58. The van der Waals surface area contributed by atoms with Gasteiger partial charge in [0.15, 0.2) is 0 Å². The summed E-state index contributed by atoms with van der Waals surface area (Å²) in [5, 5.41) is 22.0. The molecule has 4 rings (SSSR count). The zero-order chi connectivity index (χ0) is 21.1. The Morgan fingerprint density at radius 3 is 2.93 bits per heavy atom. The molecule has 0 saturated carbocycles. The highest BCUT2D eigenvalue weighted by molar-refractivity contribution is 5.66. The van der Waals surface area contributed by atoms with Crippen LogP contribution in [0.15, 0.2) is 0 Å². The topological polar surface area (TPSA) is 118 Å². The zero-order valence-electron chi connectivity index (χ0n) is 17.4. The number of rotatable bonds is 5. The van der Waals surface area contributed by atoms with E-state index in [4.69, 9.17) is 15.0 Å². The number of carboxylic acid groups (broad SMARTS) is 1. The molecule has 2 saturated heterocycles. The third kappa shape index (κ3) is 4.27. The fourth-order valence-electron chi connectivity index (χ4n) is 4.58. The van der Waals surface area contributed by atoms with E-state index in [1.807, 2.05) is 0 Å². The van der Waals surface area contributed by atoms with Crippen molar-refractivity contribution >= 4 is 11.9 Å². The number of anilines is 1. The van der Waals surface area contributed by atoms with Crippen molar-refractivity contribution in [3.05, 3.63) is 11.3 Å². The summed E-state index contributed by atoms with van der Waals surface area (Å²) in [6.45, 7) is 4.50. The molecular weight excluding hydrogens is 386 g/mol. The lowest BCUT2D eigenvalue weighted by molar-refractivity contribution is 0.119. The van der Waals surface area contributed by atoms with Crippen LogP contribution in [0.25, 0.3) is 0 Å². The highest BCUT2D eigenvalue weighted by atomic mass is 16.5. The number of nitrogens with zero attached hydrogens (tertiary/aromatic N) is 6. The Labute approximate surface area is 176 Å². The van der Waals surface area contributed by atoms with Crippen molar-refractivity contribution < 1.29 is 14.6 Å². The molecule has 1 aromatic heterocycles. The number of likely N-dealkylation sites (tertiary alicyclic amines) is 1. The van der Waals surface area contributed by atoms with Gasteiger partial charge in [0.25, 0.3) is 0 Å². The van der Waals surface area contributed by atoms with Gasteiger partial charge < -0.3 is 29.9 Å². The molecule has 1 unspecified atom stereocenters. The Hall–Kier alpha value is -2.64.